The Labute approximate surface area is 176 Å². The Hall–Kier alpha value is -2.03. The predicted octanol–water partition coefficient (Wildman–Crippen LogP) is 3.62. The van der Waals surface area contributed by atoms with E-state index < -0.39 is 18.2 Å². The van der Waals surface area contributed by atoms with E-state index in [2.05, 4.69) is 10.3 Å². The second kappa shape index (κ2) is 9.45. The molecule has 9 heteroatoms. The number of nitrogens with one attached hydrogen (secondary N) is 1. The highest BCUT2D eigenvalue weighted by Gasteiger charge is 2.43. The van der Waals surface area contributed by atoms with Gasteiger partial charge in [-0.15, -0.1) is 11.3 Å². The fourth-order valence-corrected chi connectivity index (χ4v) is 4.33. The normalized spacial score (nSPS) is 18.7. The molecule has 0 radical (unpaired) electrons. The maximum Gasteiger partial charge on any atom is 0.333 e. The van der Waals surface area contributed by atoms with Crippen molar-refractivity contribution < 1.29 is 14.3 Å². The van der Waals surface area contributed by atoms with Gasteiger partial charge in [0.25, 0.3) is 5.91 Å². The van der Waals surface area contributed by atoms with Crippen molar-refractivity contribution in [1.29, 1.82) is 0 Å². The highest BCUT2D eigenvalue weighted by Crippen LogP contribution is 2.27. The summed E-state index contributed by atoms with van der Waals surface area (Å²) < 4.78 is 5.27. The second-order valence-electron chi connectivity index (χ2n) is 5.95. The SMILES string of the molecule is CCOC(=O)C1C(NC(=O)c2ccc(Cl)cc2)N=C(SC)N1Cc1cccs1. The largest absolute Gasteiger partial charge is 0.464 e. The lowest BCUT2D eigenvalue weighted by molar-refractivity contribution is -0.148. The number of benzene rings is 1. The van der Waals surface area contributed by atoms with Crippen LogP contribution < -0.4 is 5.32 Å². The molecular formula is C19H20ClN3O3S2. The van der Waals surface area contributed by atoms with Gasteiger partial charge in [-0.25, -0.2) is 9.79 Å². The van der Waals surface area contributed by atoms with Crippen molar-refractivity contribution in [2.75, 3.05) is 12.9 Å². The molecule has 0 saturated heterocycles. The van der Waals surface area contributed by atoms with Crippen molar-refractivity contribution in [2.45, 2.75) is 25.7 Å². The topological polar surface area (TPSA) is 71.0 Å². The average Bonchev–Trinajstić information content (AvgIpc) is 3.30. The second-order valence-corrected chi connectivity index (χ2v) is 8.19. The summed E-state index contributed by atoms with van der Waals surface area (Å²) in [6, 6.07) is 9.81. The lowest BCUT2D eigenvalue weighted by Gasteiger charge is -2.28. The van der Waals surface area contributed by atoms with E-state index in [0.29, 0.717) is 22.3 Å². The molecule has 148 valence electrons. The third kappa shape index (κ3) is 4.68. The van der Waals surface area contributed by atoms with Crippen LogP contribution in [0.15, 0.2) is 46.8 Å². The first-order valence-electron chi connectivity index (χ1n) is 8.67. The first-order chi connectivity index (χ1) is 13.5. The van der Waals surface area contributed by atoms with E-state index in [-0.39, 0.29) is 12.5 Å². The number of hydrogen-bond acceptors (Lipinski definition) is 7. The van der Waals surface area contributed by atoms with Crippen LogP contribution >= 0.6 is 34.7 Å². The minimum atomic E-state index is -0.732. The molecule has 2 aromatic rings. The summed E-state index contributed by atoms with van der Waals surface area (Å²) in [6.07, 6.45) is 1.16. The Morgan fingerprint density at radius 3 is 2.68 bits per heavy atom. The van der Waals surface area contributed by atoms with Gasteiger partial charge in [-0.2, -0.15) is 0 Å². The molecule has 1 N–H and O–H groups in total. The quantitative estimate of drug-likeness (QED) is 0.699. The van der Waals surface area contributed by atoms with E-state index in [1.807, 2.05) is 28.7 Å². The van der Waals surface area contributed by atoms with Gasteiger partial charge in [0.15, 0.2) is 17.4 Å². The molecule has 1 amide bonds. The zero-order chi connectivity index (χ0) is 20.1. The Balaban J connectivity index is 1.84. The van der Waals surface area contributed by atoms with E-state index in [1.54, 1.807) is 42.5 Å². The fraction of sp³-hybridized carbons (Fsp3) is 0.316. The predicted molar refractivity (Wildman–Crippen MR) is 114 cm³/mol. The van der Waals surface area contributed by atoms with E-state index in [4.69, 9.17) is 16.3 Å². The van der Waals surface area contributed by atoms with Crippen molar-refractivity contribution in [3.8, 4) is 0 Å². The van der Waals surface area contributed by atoms with Crippen molar-refractivity contribution in [3.05, 3.63) is 57.2 Å². The van der Waals surface area contributed by atoms with Gasteiger partial charge in [0.05, 0.1) is 13.2 Å². The third-order valence-corrected chi connectivity index (χ3v) is 5.95. The van der Waals surface area contributed by atoms with Gasteiger partial charge in [-0.3, -0.25) is 4.79 Å². The molecule has 2 heterocycles. The number of amides is 1. The lowest BCUT2D eigenvalue weighted by atomic mass is 10.1. The minimum absolute atomic E-state index is 0.259. The number of halogens is 1. The summed E-state index contributed by atoms with van der Waals surface area (Å²) in [5, 5.41) is 6.08. The molecule has 0 spiro atoms. The number of ether oxygens (including phenoxy) is 1. The smallest absolute Gasteiger partial charge is 0.333 e. The summed E-state index contributed by atoms with van der Waals surface area (Å²) in [4.78, 5) is 32.9. The van der Waals surface area contributed by atoms with Gasteiger partial charge >= 0.3 is 5.97 Å². The summed E-state index contributed by atoms with van der Waals surface area (Å²) in [5.41, 5.74) is 0.449. The standard InChI is InChI=1S/C19H20ClN3O3S2/c1-3-26-18(25)15-16(21-17(24)12-6-8-13(20)9-7-12)22-19(27-2)23(15)11-14-5-4-10-28-14/h4-10,15-16H,3,11H2,1-2H3,(H,21,24). The zero-order valence-corrected chi connectivity index (χ0v) is 17.8. The summed E-state index contributed by atoms with van der Waals surface area (Å²) in [7, 11) is 0. The summed E-state index contributed by atoms with van der Waals surface area (Å²) in [5.74, 6) is -0.730. The molecule has 0 aliphatic carbocycles. The Bertz CT molecular complexity index is 856. The maximum atomic E-state index is 12.7. The van der Waals surface area contributed by atoms with Crippen molar-refractivity contribution in [1.82, 2.24) is 10.2 Å². The van der Waals surface area contributed by atoms with Crippen LogP contribution in [0.4, 0.5) is 0 Å². The molecule has 1 aromatic carbocycles. The molecule has 1 aromatic heterocycles. The highest BCUT2D eigenvalue weighted by molar-refractivity contribution is 8.13. The molecule has 1 aliphatic heterocycles. The van der Waals surface area contributed by atoms with E-state index in [1.165, 1.54) is 11.8 Å². The first kappa shape index (κ1) is 20.7. The fourth-order valence-electron chi connectivity index (χ4n) is 2.87. The van der Waals surface area contributed by atoms with Crippen LogP contribution in [-0.4, -0.2) is 47.0 Å². The van der Waals surface area contributed by atoms with Crippen LogP contribution in [0.2, 0.25) is 5.02 Å². The van der Waals surface area contributed by atoms with Gasteiger partial charge in [-0.05, 0) is 48.9 Å². The number of hydrogen-bond donors (Lipinski definition) is 1. The van der Waals surface area contributed by atoms with Gasteiger partial charge < -0.3 is 15.0 Å². The first-order valence-corrected chi connectivity index (χ1v) is 11.2. The van der Waals surface area contributed by atoms with Gasteiger partial charge in [0, 0.05) is 15.5 Å². The van der Waals surface area contributed by atoms with E-state index in [9.17, 15) is 9.59 Å². The number of thiophene rings is 1. The Morgan fingerprint density at radius 2 is 2.07 bits per heavy atom. The van der Waals surface area contributed by atoms with Crippen molar-refractivity contribution in [3.63, 3.8) is 0 Å². The summed E-state index contributed by atoms with van der Waals surface area (Å²) in [6.45, 7) is 2.54. The molecule has 0 fully saturated rings. The minimum Gasteiger partial charge on any atom is -0.464 e. The maximum absolute atomic E-state index is 12.7. The summed E-state index contributed by atoms with van der Waals surface area (Å²) >= 11 is 8.93. The number of carbonyl (C=O) groups is 2. The lowest BCUT2D eigenvalue weighted by Crippen LogP contribution is -2.51. The molecule has 1 aliphatic rings. The zero-order valence-electron chi connectivity index (χ0n) is 15.4. The Morgan fingerprint density at radius 1 is 1.32 bits per heavy atom. The van der Waals surface area contributed by atoms with Crippen LogP contribution in [0.1, 0.15) is 22.2 Å². The van der Waals surface area contributed by atoms with Crippen LogP contribution in [-0.2, 0) is 16.1 Å². The van der Waals surface area contributed by atoms with Crippen LogP contribution in [0.25, 0.3) is 0 Å². The molecule has 0 saturated carbocycles. The number of nitrogens with zero attached hydrogens (tertiary/aromatic N) is 2. The van der Waals surface area contributed by atoms with Crippen LogP contribution in [0, 0.1) is 0 Å². The van der Waals surface area contributed by atoms with Gasteiger partial charge in [0.1, 0.15) is 0 Å². The number of esters is 1. The number of carbonyl (C=O) groups excluding carboxylic acids is 2. The molecule has 2 unspecified atom stereocenters. The van der Waals surface area contributed by atoms with Crippen molar-refractivity contribution >= 4 is 51.7 Å². The van der Waals surface area contributed by atoms with Crippen LogP contribution in [0.5, 0.6) is 0 Å². The van der Waals surface area contributed by atoms with Crippen molar-refractivity contribution in [2.24, 2.45) is 4.99 Å². The van der Waals surface area contributed by atoms with E-state index >= 15 is 0 Å². The molecule has 0 bridgehead atoms. The molecule has 3 rings (SSSR count). The monoisotopic (exact) mass is 437 g/mol. The van der Waals surface area contributed by atoms with Gasteiger partial charge in [-0.1, -0.05) is 29.4 Å². The number of aliphatic imine (C=N–C) groups is 1. The Kier molecular flexibility index (Phi) is 6.98. The molecule has 28 heavy (non-hydrogen) atoms. The molecular weight excluding hydrogens is 418 g/mol. The highest BCUT2D eigenvalue weighted by atomic mass is 35.5. The third-order valence-electron chi connectivity index (χ3n) is 4.13. The number of rotatable bonds is 6. The van der Waals surface area contributed by atoms with Crippen LogP contribution in [0.3, 0.4) is 0 Å². The number of thioether (sulfide) groups is 1. The average molecular weight is 438 g/mol. The number of amidine groups is 1. The van der Waals surface area contributed by atoms with E-state index in [0.717, 1.165) is 4.88 Å². The molecule has 6 nitrogen and oxygen atoms in total. The molecule has 2 atom stereocenters. The van der Waals surface area contributed by atoms with Gasteiger partial charge in [0.2, 0.25) is 0 Å².